The van der Waals surface area contributed by atoms with Crippen molar-refractivity contribution >= 4 is 34.1 Å². The zero-order valence-corrected chi connectivity index (χ0v) is 34.1. The third-order valence-electron chi connectivity index (χ3n) is 10.4. The van der Waals surface area contributed by atoms with Gasteiger partial charge < -0.3 is 19.7 Å². The van der Waals surface area contributed by atoms with Crippen LogP contribution < -0.4 is 10.2 Å². The van der Waals surface area contributed by atoms with E-state index in [1.807, 2.05) is 42.2 Å². The van der Waals surface area contributed by atoms with Gasteiger partial charge in [0.2, 0.25) is 11.1 Å². The van der Waals surface area contributed by atoms with E-state index < -0.39 is 0 Å². The van der Waals surface area contributed by atoms with Gasteiger partial charge in [-0.05, 0) is 72.7 Å². The lowest BCUT2D eigenvalue weighted by Gasteiger charge is -2.48. The third-order valence-corrected chi connectivity index (χ3v) is 10.7. The van der Waals surface area contributed by atoms with Crippen LogP contribution in [-0.2, 0) is 32.2 Å². The number of hydrogen-bond acceptors (Lipinski definition) is 7. The minimum atomic E-state index is -0.281. The van der Waals surface area contributed by atoms with Gasteiger partial charge in [-0.15, -0.1) is 0 Å². The van der Waals surface area contributed by atoms with Crippen molar-refractivity contribution in [3.05, 3.63) is 132 Å². The van der Waals surface area contributed by atoms with E-state index in [0.29, 0.717) is 19.4 Å². The number of piperidine rings is 2. The highest BCUT2D eigenvalue weighted by molar-refractivity contribution is 6.63. The van der Waals surface area contributed by atoms with Crippen molar-refractivity contribution in [3.63, 3.8) is 0 Å². The number of nitrogens with zero attached hydrogens (tertiary/aromatic N) is 3. The Morgan fingerprint density at radius 2 is 1.05 bits per heavy atom. The predicted octanol–water partition coefficient (Wildman–Crippen LogP) is 9.05. The molecule has 2 heterocycles. The molecule has 4 aromatic rings. The molecular formula is C46H61ClN4O4. The van der Waals surface area contributed by atoms with Gasteiger partial charge in [0.1, 0.15) is 0 Å². The van der Waals surface area contributed by atoms with Crippen molar-refractivity contribution in [2.24, 2.45) is 0 Å². The molecule has 0 spiro atoms. The summed E-state index contributed by atoms with van der Waals surface area (Å²) < 4.78 is 11.2. The van der Waals surface area contributed by atoms with Crippen LogP contribution in [0.25, 0.3) is 0 Å². The van der Waals surface area contributed by atoms with E-state index in [9.17, 15) is 9.59 Å². The third kappa shape index (κ3) is 13.9. The number of hydrogen-bond donors (Lipinski definition) is 1. The molecule has 2 aliphatic rings. The summed E-state index contributed by atoms with van der Waals surface area (Å²) >= 11 is 4.82. The predicted molar refractivity (Wildman–Crippen MR) is 227 cm³/mol. The first-order valence-electron chi connectivity index (χ1n) is 19.7. The molecule has 0 saturated carbocycles. The summed E-state index contributed by atoms with van der Waals surface area (Å²) in [6.07, 6.45) is 4.95. The van der Waals surface area contributed by atoms with E-state index in [1.54, 1.807) is 21.1 Å². The van der Waals surface area contributed by atoms with Crippen LogP contribution >= 0.6 is 11.6 Å². The van der Waals surface area contributed by atoms with Crippen molar-refractivity contribution in [3.8, 4) is 0 Å². The Morgan fingerprint density at radius 1 is 0.636 bits per heavy atom. The number of para-hydroxylation sites is 2. The maximum Gasteiger partial charge on any atom is 0.227 e. The average Bonchev–Trinajstić information content (AvgIpc) is 3.22. The molecule has 8 nitrogen and oxygen atoms in total. The van der Waals surface area contributed by atoms with Crippen LogP contribution in [0.15, 0.2) is 121 Å². The first-order valence-corrected chi connectivity index (χ1v) is 20.0. The number of anilines is 2. The quantitative estimate of drug-likeness (QED) is 0.128. The number of halogens is 1. The van der Waals surface area contributed by atoms with E-state index in [2.05, 4.69) is 106 Å². The lowest BCUT2D eigenvalue weighted by atomic mass is 9.85. The van der Waals surface area contributed by atoms with Crippen LogP contribution in [0.3, 0.4) is 0 Å². The van der Waals surface area contributed by atoms with Gasteiger partial charge in [0.05, 0.1) is 24.3 Å². The highest BCUT2D eigenvalue weighted by Crippen LogP contribution is 2.35. The van der Waals surface area contributed by atoms with Gasteiger partial charge in [-0.2, -0.15) is 0 Å². The molecule has 0 aromatic heterocycles. The molecule has 1 N–H and O–H groups in total. The molecule has 1 amide bonds. The molecule has 296 valence electrons. The Balaban J connectivity index is 0.000000220. The first-order chi connectivity index (χ1) is 26.7. The van der Waals surface area contributed by atoms with Crippen molar-refractivity contribution in [1.82, 2.24) is 9.80 Å². The number of ether oxygens (including phenoxy) is 2. The van der Waals surface area contributed by atoms with Gasteiger partial charge in [-0.1, -0.05) is 111 Å². The number of carbonyl (C=O) groups is 2. The van der Waals surface area contributed by atoms with Crippen molar-refractivity contribution in [2.75, 3.05) is 63.8 Å². The topological polar surface area (TPSA) is 74.3 Å². The van der Waals surface area contributed by atoms with Crippen LogP contribution in [0.4, 0.5) is 11.4 Å². The molecule has 0 atom stereocenters. The number of benzene rings is 4. The summed E-state index contributed by atoms with van der Waals surface area (Å²) in [5, 5.41) is 3.45. The maximum atomic E-state index is 12.9. The summed E-state index contributed by atoms with van der Waals surface area (Å²) in [5.41, 5.74) is 4.64. The Labute approximate surface area is 334 Å². The zero-order valence-electron chi connectivity index (χ0n) is 33.3. The van der Waals surface area contributed by atoms with Crippen molar-refractivity contribution < 1.29 is 19.1 Å². The number of rotatable bonds is 14. The van der Waals surface area contributed by atoms with Crippen molar-refractivity contribution in [1.29, 1.82) is 0 Å². The van der Waals surface area contributed by atoms with E-state index in [0.717, 1.165) is 77.2 Å². The monoisotopic (exact) mass is 768 g/mol. The average molecular weight is 769 g/mol. The maximum absolute atomic E-state index is 12.9. The van der Waals surface area contributed by atoms with Gasteiger partial charge in [-0.3, -0.25) is 19.4 Å². The Bertz CT molecular complexity index is 1650. The second-order valence-electron chi connectivity index (χ2n) is 14.5. The first kappa shape index (κ1) is 43.7. The zero-order chi connectivity index (χ0) is 39.4. The Morgan fingerprint density at radius 3 is 1.47 bits per heavy atom. The molecule has 2 saturated heterocycles. The van der Waals surface area contributed by atoms with Crippen LogP contribution in [0, 0.1) is 0 Å². The molecule has 55 heavy (non-hydrogen) atoms. The number of amides is 1. The fraction of sp³-hybridized carbons (Fsp3) is 0.435. The fourth-order valence-electron chi connectivity index (χ4n) is 7.48. The molecule has 2 fully saturated rings. The van der Waals surface area contributed by atoms with Gasteiger partial charge in [0, 0.05) is 77.7 Å². The number of carbonyl (C=O) groups excluding carboxylic acids is 2. The van der Waals surface area contributed by atoms with Crippen LogP contribution in [0.2, 0.25) is 0 Å². The second-order valence-corrected chi connectivity index (χ2v) is 14.9. The molecule has 4 aromatic carbocycles. The van der Waals surface area contributed by atoms with Gasteiger partial charge in [-0.25, -0.2) is 0 Å². The highest BCUT2D eigenvalue weighted by Gasteiger charge is 2.43. The van der Waals surface area contributed by atoms with Gasteiger partial charge >= 0.3 is 0 Å². The lowest BCUT2D eigenvalue weighted by molar-refractivity contribution is -0.120. The summed E-state index contributed by atoms with van der Waals surface area (Å²) in [6.45, 7) is 11.1. The number of methoxy groups -OCH3 is 2. The molecule has 0 bridgehead atoms. The largest absolute Gasteiger partial charge is 0.382 e. The minimum Gasteiger partial charge on any atom is -0.382 e. The molecule has 0 unspecified atom stereocenters. The summed E-state index contributed by atoms with van der Waals surface area (Å²) in [6, 6.07) is 41.8. The molecular weight excluding hydrogens is 708 g/mol. The van der Waals surface area contributed by atoms with E-state index >= 15 is 0 Å². The summed E-state index contributed by atoms with van der Waals surface area (Å²) in [7, 11) is 3.53. The van der Waals surface area contributed by atoms with Crippen LogP contribution in [-0.4, -0.2) is 85.6 Å². The second kappa shape index (κ2) is 23.1. The summed E-state index contributed by atoms with van der Waals surface area (Å²) in [5.74, 6) is 0.162. The Kier molecular flexibility index (Phi) is 18.4. The lowest BCUT2D eigenvalue weighted by Crippen LogP contribution is -2.60. The highest BCUT2D eigenvalue weighted by atomic mass is 35.5. The molecule has 0 radical (unpaired) electrons. The molecule has 6 rings (SSSR count). The fourth-order valence-corrected chi connectivity index (χ4v) is 7.48. The van der Waals surface area contributed by atoms with E-state index in [4.69, 9.17) is 21.1 Å². The van der Waals surface area contributed by atoms with Crippen LogP contribution in [0.1, 0.15) is 63.5 Å². The van der Waals surface area contributed by atoms with Crippen LogP contribution in [0.5, 0.6) is 0 Å². The molecule has 2 aliphatic heterocycles. The SMILES string of the molecule is CCC(=O)Cl.CCC(=O)N(c1ccccc1)C1(COC)CCN(Cc2ccccc2)CC1.COCC1(Nc2ccccc2)CCN(Cc2ccccc2)CC1. The Hall–Kier alpha value is -4.05. The standard InChI is InChI=1S/C23H30N2O2.C20H26N2O.C3H5ClO/c1-3-22(26)25(21-12-8-5-9-13-21)23(19-27-2)14-16-24(17-15-23)18-20-10-6-4-7-11-20;1-23-17-20(21-19-10-6-3-7-11-19)12-14-22(15-13-20)16-18-8-4-2-5-9-18;1-2-3(4)5/h4-13H,3,14-19H2,1-2H3;2-11,21H,12-17H2,1H3;2H2,1H3. The number of likely N-dealkylation sites (tertiary alicyclic amines) is 2. The minimum absolute atomic E-state index is 0.0449. The van der Waals surface area contributed by atoms with E-state index in [-0.39, 0.29) is 22.2 Å². The number of nitrogens with one attached hydrogen (secondary N) is 1. The molecule has 9 heteroatoms. The van der Waals surface area contributed by atoms with Gasteiger partial charge in [0.15, 0.2) is 0 Å². The normalized spacial score (nSPS) is 16.4. The summed E-state index contributed by atoms with van der Waals surface area (Å²) in [4.78, 5) is 29.5. The molecule has 0 aliphatic carbocycles. The van der Waals surface area contributed by atoms with Gasteiger partial charge in [0.25, 0.3) is 0 Å². The van der Waals surface area contributed by atoms with Crippen molar-refractivity contribution in [2.45, 2.75) is 76.5 Å². The smallest absolute Gasteiger partial charge is 0.227 e. The van der Waals surface area contributed by atoms with E-state index in [1.165, 1.54) is 16.8 Å².